The maximum absolute atomic E-state index is 5.98. The van der Waals surface area contributed by atoms with E-state index in [1.54, 1.807) is 7.11 Å². The Hall–Kier alpha value is -1.06. The second kappa shape index (κ2) is 8.98. The lowest BCUT2D eigenvalue weighted by Crippen LogP contribution is -2.18. The Morgan fingerprint density at radius 1 is 1.20 bits per heavy atom. The Morgan fingerprint density at radius 3 is 2.40 bits per heavy atom. The number of methoxy groups -OCH3 is 1. The van der Waals surface area contributed by atoms with E-state index < -0.39 is 0 Å². The van der Waals surface area contributed by atoms with Gasteiger partial charge in [-0.15, -0.1) is 0 Å². The maximum atomic E-state index is 5.98. The molecule has 20 heavy (non-hydrogen) atoms. The number of aryl methyl sites for hydroxylation is 2. The van der Waals surface area contributed by atoms with Gasteiger partial charge in [0.05, 0.1) is 13.2 Å². The maximum Gasteiger partial charge on any atom is 0.125 e. The highest BCUT2D eigenvalue weighted by Gasteiger charge is 2.08. The van der Waals surface area contributed by atoms with Gasteiger partial charge in [-0.05, 0) is 36.5 Å². The molecule has 0 aromatic heterocycles. The minimum absolute atomic E-state index is 0.601. The fourth-order valence-corrected chi connectivity index (χ4v) is 2.12. The molecule has 0 radical (unpaired) electrons. The van der Waals surface area contributed by atoms with E-state index >= 15 is 0 Å². The second-order valence-electron chi connectivity index (χ2n) is 5.55. The van der Waals surface area contributed by atoms with Gasteiger partial charge >= 0.3 is 0 Å². The molecule has 0 saturated carbocycles. The molecule has 0 saturated heterocycles. The van der Waals surface area contributed by atoms with Crippen LogP contribution in [-0.4, -0.2) is 26.9 Å². The van der Waals surface area contributed by atoms with Crippen molar-refractivity contribution in [2.75, 3.05) is 26.9 Å². The van der Waals surface area contributed by atoms with Crippen molar-refractivity contribution in [3.63, 3.8) is 0 Å². The van der Waals surface area contributed by atoms with Crippen LogP contribution in [0.15, 0.2) is 12.1 Å². The summed E-state index contributed by atoms with van der Waals surface area (Å²) in [4.78, 5) is 0. The van der Waals surface area contributed by atoms with Crippen molar-refractivity contribution in [1.82, 2.24) is 5.32 Å². The van der Waals surface area contributed by atoms with Crippen molar-refractivity contribution < 1.29 is 9.47 Å². The molecule has 0 fully saturated rings. The van der Waals surface area contributed by atoms with Crippen LogP contribution in [0, 0.1) is 19.8 Å². The molecule has 0 aliphatic carbocycles. The fourth-order valence-electron chi connectivity index (χ4n) is 2.12. The molecule has 1 rings (SSSR count). The van der Waals surface area contributed by atoms with Crippen LogP contribution in [0.2, 0.25) is 0 Å². The molecule has 1 unspecified atom stereocenters. The lowest BCUT2D eigenvalue weighted by atomic mass is 10.1. The zero-order valence-corrected chi connectivity index (χ0v) is 13.6. The average Bonchev–Trinajstić information content (AvgIpc) is 2.42. The molecule has 1 aromatic carbocycles. The summed E-state index contributed by atoms with van der Waals surface area (Å²) < 4.78 is 11.0. The average molecular weight is 279 g/mol. The first-order valence-electron chi connectivity index (χ1n) is 7.51. The van der Waals surface area contributed by atoms with Crippen LogP contribution in [0.3, 0.4) is 0 Å². The molecule has 114 valence electrons. The van der Waals surface area contributed by atoms with Gasteiger partial charge in [0, 0.05) is 20.2 Å². The molecule has 0 aliphatic rings. The van der Waals surface area contributed by atoms with E-state index in [2.05, 4.69) is 45.1 Å². The van der Waals surface area contributed by atoms with Crippen LogP contribution in [0.1, 0.15) is 37.0 Å². The molecular formula is C17H29NO2. The lowest BCUT2D eigenvalue weighted by molar-refractivity contribution is 0.199. The number of hydrogen-bond acceptors (Lipinski definition) is 3. The Morgan fingerprint density at radius 2 is 1.85 bits per heavy atom. The van der Waals surface area contributed by atoms with Gasteiger partial charge in [-0.1, -0.05) is 32.4 Å². The minimum atomic E-state index is 0.601. The largest absolute Gasteiger partial charge is 0.493 e. The summed E-state index contributed by atoms with van der Waals surface area (Å²) in [6.07, 6.45) is 1.15. The predicted molar refractivity (Wildman–Crippen MR) is 84.4 cm³/mol. The number of rotatable bonds is 9. The first-order chi connectivity index (χ1) is 9.58. The van der Waals surface area contributed by atoms with Gasteiger partial charge in [0.2, 0.25) is 0 Å². The molecule has 0 heterocycles. The summed E-state index contributed by atoms with van der Waals surface area (Å²) in [5.41, 5.74) is 3.74. The Labute approximate surface area is 123 Å². The Balaban J connectivity index is 2.61. The molecule has 3 nitrogen and oxygen atoms in total. The van der Waals surface area contributed by atoms with E-state index in [4.69, 9.17) is 9.47 Å². The van der Waals surface area contributed by atoms with Crippen molar-refractivity contribution in [2.24, 2.45) is 5.92 Å². The molecule has 1 atom stereocenters. The molecule has 1 aromatic rings. The highest BCUT2D eigenvalue weighted by Crippen LogP contribution is 2.25. The van der Waals surface area contributed by atoms with Crippen LogP contribution >= 0.6 is 0 Å². The van der Waals surface area contributed by atoms with Gasteiger partial charge in [0.25, 0.3) is 0 Å². The zero-order valence-electron chi connectivity index (χ0n) is 13.6. The Kier molecular flexibility index (Phi) is 7.63. The van der Waals surface area contributed by atoms with Gasteiger partial charge in [-0.3, -0.25) is 0 Å². The Bertz CT molecular complexity index is 381. The van der Waals surface area contributed by atoms with Crippen LogP contribution in [-0.2, 0) is 11.3 Å². The smallest absolute Gasteiger partial charge is 0.125 e. The normalized spacial score (nSPS) is 12.4. The summed E-state index contributed by atoms with van der Waals surface area (Å²) in [7, 11) is 1.72. The molecule has 0 spiro atoms. The third kappa shape index (κ3) is 5.51. The molecule has 1 N–H and O–H groups in total. The zero-order chi connectivity index (χ0) is 15.0. The van der Waals surface area contributed by atoms with Crippen LogP contribution in [0.25, 0.3) is 0 Å². The summed E-state index contributed by atoms with van der Waals surface area (Å²) in [5, 5.41) is 3.37. The summed E-state index contributed by atoms with van der Waals surface area (Å²) in [6.45, 7) is 12.0. The summed E-state index contributed by atoms with van der Waals surface area (Å²) in [5.74, 6) is 1.65. The standard InChI is InChI=1S/C17H29NO2/c1-6-13(2)12-20-17-14(3)9-16(10-15(17)4)11-18-7-8-19-5/h9-10,13,18H,6-8,11-12H2,1-5H3. The first-order valence-corrected chi connectivity index (χ1v) is 7.51. The van der Waals surface area contributed by atoms with Crippen molar-refractivity contribution in [1.29, 1.82) is 0 Å². The van der Waals surface area contributed by atoms with Crippen molar-refractivity contribution in [3.05, 3.63) is 28.8 Å². The number of benzene rings is 1. The lowest BCUT2D eigenvalue weighted by Gasteiger charge is -2.16. The summed E-state index contributed by atoms with van der Waals surface area (Å²) in [6, 6.07) is 4.41. The highest BCUT2D eigenvalue weighted by atomic mass is 16.5. The van der Waals surface area contributed by atoms with E-state index in [9.17, 15) is 0 Å². The molecule has 3 heteroatoms. The number of ether oxygens (including phenoxy) is 2. The van der Waals surface area contributed by atoms with E-state index in [1.165, 1.54) is 16.7 Å². The number of hydrogen-bond donors (Lipinski definition) is 1. The van der Waals surface area contributed by atoms with Crippen LogP contribution in [0.4, 0.5) is 0 Å². The van der Waals surface area contributed by atoms with Crippen molar-refractivity contribution in [3.8, 4) is 5.75 Å². The van der Waals surface area contributed by atoms with E-state index in [-0.39, 0.29) is 0 Å². The predicted octanol–water partition coefficient (Wildman–Crippen LogP) is 3.46. The van der Waals surface area contributed by atoms with Gasteiger partial charge in [0.1, 0.15) is 5.75 Å². The van der Waals surface area contributed by atoms with Gasteiger partial charge in [-0.25, -0.2) is 0 Å². The third-order valence-electron chi connectivity index (χ3n) is 3.54. The second-order valence-corrected chi connectivity index (χ2v) is 5.55. The van der Waals surface area contributed by atoms with Crippen LogP contribution in [0.5, 0.6) is 5.75 Å². The highest BCUT2D eigenvalue weighted by molar-refractivity contribution is 5.43. The first kappa shape index (κ1) is 17.0. The molecular weight excluding hydrogens is 250 g/mol. The quantitative estimate of drug-likeness (QED) is 0.702. The SMILES string of the molecule is CCC(C)COc1c(C)cc(CNCCOC)cc1C. The molecule has 0 aliphatic heterocycles. The molecule has 0 amide bonds. The van der Waals surface area contributed by atoms with E-state index in [0.29, 0.717) is 5.92 Å². The topological polar surface area (TPSA) is 30.5 Å². The monoisotopic (exact) mass is 279 g/mol. The van der Waals surface area contributed by atoms with Crippen molar-refractivity contribution >= 4 is 0 Å². The third-order valence-corrected chi connectivity index (χ3v) is 3.54. The number of nitrogens with one attached hydrogen (secondary N) is 1. The van der Waals surface area contributed by atoms with E-state index in [1.807, 2.05) is 0 Å². The van der Waals surface area contributed by atoms with Gasteiger partial charge < -0.3 is 14.8 Å². The van der Waals surface area contributed by atoms with Crippen LogP contribution < -0.4 is 10.1 Å². The summed E-state index contributed by atoms with van der Waals surface area (Å²) >= 11 is 0. The van der Waals surface area contributed by atoms with Crippen molar-refractivity contribution in [2.45, 2.75) is 40.7 Å². The van der Waals surface area contributed by atoms with Gasteiger partial charge in [-0.2, -0.15) is 0 Å². The fraction of sp³-hybridized carbons (Fsp3) is 0.647. The molecule has 0 bridgehead atoms. The van der Waals surface area contributed by atoms with Gasteiger partial charge in [0.15, 0.2) is 0 Å². The minimum Gasteiger partial charge on any atom is -0.493 e. The van der Waals surface area contributed by atoms with E-state index in [0.717, 1.165) is 38.5 Å².